The molecule has 0 aliphatic rings. The van der Waals surface area contributed by atoms with Crippen molar-refractivity contribution in [3.05, 3.63) is 113 Å². The summed E-state index contributed by atoms with van der Waals surface area (Å²) in [6.07, 6.45) is 4.38. The summed E-state index contributed by atoms with van der Waals surface area (Å²) in [6, 6.07) is 19.9. The molecule has 0 atom stereocenters. The number of benzene rings is 3. The first-order valence-electron chi connectivity index (χ1n) is 11.7. The Hall–Kier alpha value is -4.17. The summed E-state index contributed by atoms with van der Waals surface area (Å²) >= 11 is 0. The number of fused-ring (bicyclic) bond motifs is 1. The average molecular weight is 519 g/mol. The Balaban J connectivity index is 1.92. The van der Waals surface area contributed by atoms with E-state index < -0.39 is 21.8 Å². The van der Waals surface area contributed by atoms with Gasteiger partial charge in [-0.1, -0.05) is 48.0 Å². The second-order valence-corrected chi connectivity index (χ2v) is 10.1. The van der Waals surface area contributed by atoms with E-state index in [2.05, 4.69) is 4.72 Å². The van der Waals surface area contributed by atoms with Gasteiger partial charge in [-0.15, -0.1) is 0 Å². The Morgan fingerprint density at radius 1 is 1.03 bits per heavy atom. The molecule has 0 unspecified atom stereocenters. The van der Waals surface area contributed by atoms with Crippen LogP contribution < -0.4 is 4.72 Å². The van der Waals surface area contributed by atoms with Crippen molar-refractivity contribution in [3.63, 3.8) is 0 Å². The number of nitrogens with zero attached hydrogens (tertiary/aromatic N) is 1. The monoisotopic (exact) mass is 518 g/mol. The maximum Gasteiger partial charge on any atom is 0.330 e. The number of hydrogen-bond acceptors (Lipinski definition) is 4. The highest BCUT2D eigenvalue weighted by Crippen LogP contribution is 2.35. The lowest BCUT2D eigenvalue weighted by molar-refractivity contribution is -0.137. The van der Waals surface area contributed by atoms with Crippen LogP contribution >= 0.6 is 0 Å². The molecule has 0 fully saturated rings. The van der Waals surface area contributed by atoms with Crippen LogP contribution in [0.25, 0.3) is 22.6 Å². The highest BCUT2D eigenvalue weighted by Gasteiger charge is 2.20. The van der Waals surface area contributed by atoms with E-state index in [1.54, 1.807) is 37.3 Å². The number of esters is 1. The minimum atomic E-state index is -3.89. The molecule has 0 radical (unpaired) electrons. The summed E-state index contributed by atoms with van der Waals surface area (Å²) in [4.78, 5) is 12.2. The maximum atomic E-state index is 13.8. The molecular formula is C29H27FN2O4S. The third-order valence-electron chi connectivity index (χ3n) is 5.93. The zero-order valence-electron chi connectivity index (χ0n) is 20.7. The fourth-order valence-corrected chi connectivity index (χ4v) is 4.98. The van der Waals surface area contributed by atoms with Gasteiger partial charge in [0.1, 0.15) is 5.82 Å². The van der Waals surface area contributed by atoms with Crippen LogP contribution in [-0.4, -0.2) is 25.6 Å². The Morgan fingerprint density at radius 3 is 2.38 bits per heavy atom. The van der Waals surface area contributed by atoms with Crippen LogP contribution in [0.15, 0.2) is 90.0 Å². The molecule has 6 nitrogen and oxygen atoms in total. The minimum Gasteiger partial charge on any atom is -0.463 e. The van der Waals surface area contributed by atoms with E-state index in [4.69, 9.17) is 4.74 Å². The summed E-state index contributed by atoms with van der Waals surface area (Å²) in [6.45, 7) is 3.85. The van der Waals surface area contributed by atoms with Crippen molar-refractivity contribution in [1.29, 1.82) is 0 Å². The van der Waals surface area contributed by atoms with Crippen LogP contribution in [0.4, 0.5) is 4.39 Å². The SMILES string of the molecule is CCOC(=O)/C=C/c1c(C(=CNS(=O)(=O)c2ccc(C)cc2)c2ccc(F)cc2)c2ccccc2n1C. The number of sulfonamides is 1. The van der Waals surface area contributed by atoms with E-state index in [1.807, 2.05) is 42.8 Å². The van der Waals surface area contributed by atoms with Crippen LogP contribution in [0.3, 0.4) is 0 Å². The van der Waals surface area contributed by atoms with Gasteiger partial charge in [0.25, 0.3) is 10.0 Å². The van der Waals surface area contributed by atoms with Gasteiger partial charge in [0, 0.05) is 47.1 Å². The van der Waals surface area contributed by atoms with E-state index in [-0.39, 0.29) is 11.5 Å². The Morgan fingerprint density at radius 2 is 1.70 bits per heavy atom. The van der Waals surface area contributed by atoms with Crippen LogP contribution in [0, 0.1) is 12.7 Å². The summed E-state index contributed by atoms with van der Waals surface area (Å²) in [5.74, 6) is -0.908. The molecule has 3 aromatic carbocycles. The van der Waals surface area contributed by atoms with Crippen LogP contribution in [0.5, 0.6) is 0 Å². The standard InChI is InChI=1S/C29H27FN2O4S/c1-4-36-28(33)18-17-27-29(24-7-5-6-8-26(24)32(27)3)25(21-11-13-22(30)14-12-21)19-31-37(34,35)23-15-9-20(2)10-16-23/h5-19,31H,4H2,1-3H3/b18-17+,25-19?. The van der Waals surface area contributed by atoms with Crippen molar-refractivity contribution >= 4 is 38.5 Å². The first-order chi connectivity index (χ1) is 17.7. The molecule has 0 saturated heterocycles. The van der Waals surface area contributed by atoms with E-state index in [0.29, 0.717) is 22.4 Å². The van der Waals surface area contributed by atoms with Crippen molar-refractivity contribution < 1.29 is 22.3 Å². The number of nitrogens with one attached hydrogen (secondary N) is 1. The predicted molar refractivity (Wildman–Crippen MR) is 144 cm³/mol. The molecule has 190 valence electrons. The predicted octanol–water partition coefficient (Wildman–Crippen LogP) is 5.57. The number of carbonyl (C=O) groups is 1. The molecule has 0 bridgehead atoms. The summed E-state index contributed by atoms with van der Waals surface area (Å²) < 4.78 is 49.6. The molecule has 0 aliphatic carbocycles. The fourth-order valence-electron chi connectivity index (χ4n) is 4.08. The number of aromatic nitrogens is 1. The molecule has 8 heteroatoms. The Labute approximate surface area is 215 Å². The van der Waals surface area contributed by atoms with Gasteiger partial charge in [0.2, 0.25) is 0 Å². The molecule has 0 saturated carbocycles. The second kappa shape index (κ2) is 10.8. The lowest BCUT2D eigenvalue weighted by atomic mass is 9.95. The molecule has 4 rings (SSSR count). The zero-order chi connectivity index (χ0) is 26.6. The van der Waals surface area contributed by atoms with Gasteiger partial charge in [-0.2, -0.15) is 0 Å². The number of rotatable bonds is 8. The Kier molecular flexibility index (Phi) is 7.59. The lowest BCUT2D eigenvalue weighted by Crippen LogP contribution is -2.18. The van der Waals surface area contributed by atoms with E-state index in [0.717, 1.165) is 16.5 Å². The summed E-state index contributed by atoms with van der Waals surface area (Å²) in [5, 5.41) is 0.832. The molecule has 1 N–H and O–H groups in total. The number of ether oxygens (including phenoxy) is 1. The van der Waals surface area contributed by atoms with Crippen LogP contribution in [0.1, 0.15) is 29.3 Å². The fraction of sp³-hybridized carbons (Fsp3) is 0.138. The van der Waals surface area contributed by atoms with Crippen LogP contribution in [0.2, 0.25) is 0 Å². The van der Waals surface area contributed by atoms with Gasteiger partial charge in [0.15, 0.2) is 0 Å². The maximum absolute atomic E-state index is 13.8. The highest BCUT2D eigenvalue weighted by atomic mass is 32.2. The second-order valence-electron chi connectivity index (χ2n) is 8.42. The van der Waals surface area contributed by atoms with Gasteiger partial charge < -0.3 is 9.30 Å². The third kappa shape index (κ3) is 5.65. The first-order valence-corrected chi connectivity index (χ1v) is 13.2. The molecule has 0 amide bonds. The summed E-state index contributed by atoms with van der Waals surface area (Å²) in [5.41, 5.74) is 4.24. The molecule has 0 aliphatic heterocycles. The quantitative estimate of drug-likeness (QED) is 0.244. The van der Waals surface area contributed by atoms with Gasteiger partial charge >= 0.3 is 5.97 Å². The number of halogens is 1. The molecule has 4 aromatic rings. The van der Waals surface area contributed by atoms with E-state index >= 15 is 0 Å². The Bertz CT molecular complexity index is 1600. The van der Waals surface area contributed by atoms with Crippen molar-refractivity contribution in [2.24, 2.45) is 7.05 Å². The summed E-state index contributed by atoms with van der Waals surface area (Å²) in [7, 11) is -2.03. The normalized spacial score (nSPS) is 12.3. The number of carbonyl (C=O) groups excluding carboxylic acids is 1. The number of hydrogen-bond donors (Lipinski definition) is 1. The molecular weight excluding hydrogens is 491 g/mol. The van der Waals surface area contributed by atoms with Crippen molar-refractivity contribution in [2.45, 2.75) is 18.7 Å². The third-order valence-corrected chi connectivity index (χ3v) is 7.25. The van der Waals surface area contributed by atoms with Gasteiger partial charge in [-0.3, -0.25) is 4.72 Å². The van der Waals surface area contributed by atoms with E-state index in [1.165, 1.54) is 36.5 Å². The molecule has 37 heavy (non-hydrogen) atoms. The van der Waals surface area contributed by atoms with Gasteiger partial charge in [-0.05, 0) is 55.8 Å². The average Bonchev–Trinajstić information content (AvgIpc) is 3.16. The first kappa shape index (κ1) is 25.9. The topological polar surface area (TPSA) is 77.4 Å². The van der Waals surface area contributed by atoms with Gasteiger partial charge in [-0.25, -0.2) is 17.6 Å². The number of aryl methyl sites for hydroxylation is 2. The molecule has 1 aromatic heterocycles. The van der Waals surface area contributed by atoms with Crippen molar-refractivity contribution in [3.8, 4) is 0 Å². The van der Waals surface area contributed by atoms with Crippen molar-refractivity contribution in [1.82, 2.24) is 9.29 Å². The molecule has 0 spiro atoms. The molecule has 1 heterocycles. The van der Waals surface area contributed by atoms with Crippen LogP contribution in [-0.2, 0) is 26.6 Å². The van der Waals surface area contributed by atoms with Crippen molar-refractivity contribution in [2.75, 3.05) is 6.61 Å². The number of para-hydroxylation sites is 1. The largest absolute Gasteiger partial charge is 0.463 e. The van der Waals surface area contributed by atoms with Gasteiger partial charge in [0.05, 0.1) is 11.5 Å². The zero-order valence-corrected chi connectivity index (χ0v) is 21.6. The minimum absolute atomic E-state index is 0.119. The lowest BCUT2D eigenvalue weighted by Gasteiger charge is -2.12. The van der Waals surface area contributed by atoms with E-state index in [9.17, 15) is 17.6 Å². The highest BCUT2D eigenvalue weighted by molar-refractivity contribution is 7.89. The smallest absolute Gasteiger partial charge is 0.330 e.